The zero-order valence-corrected chi connectivity index (χ0v) is 23.0. The second kappa shape index (κ2) is 10.9. The number of morpholine rings is 1. The van der Waals surface area contributed by atoms with E-state index in [-0.39, 0.29) is 17.1 Å². The van der Waals surface area contributed by atoms with Gasteiger partial charge >= 0.3 is 0 Å². The van der Waals surface area contributed by atoms with Gasteiger partial charge in [-0.05, 0) is 76.1 Å². The number of carbonyl (C=O) groups excluding carboxylic acids is 1. The highest BCUT2D eigenvalue weighted by Gasteiger charge is 2.32. The topological polar surface area (TPSA) is 90.2 Å². The minimum Gasteiger partial charge on any atom is -0.380 e. The number of ether oxygens (including phenoxy) is 2. The van der Waals surface area contributed by atoms with Crippen molar-refractivity contribution in [2.24, 2.45) is 4.99 Å². The molecule has 36 heavy (non-hydrogen) atoms. The van der Waals surface area contributed by atoms with E-state index < -0.39 is 15.9 Å². The van der Waals surface area contributed by atoms with Crippen molar-refractivity contribution in [3.63, 3.8) is 0 Å². The van der Waals surface area contributed by atoms with E-state index >= 15 is 0 Å². The predicted octanol–water partition coefficient (Wildman–Crippen LogP) is 3.90. The van der Waals surface area contributed by atoms with E-state index in [1.54, 1.807) is 0 Å². The van der Waals surface area contributed by atoms with Crippen molar-refractivity contribution in [3.8, 4) is 0 Å². The fraction of sp³-hybridized carbons (Fsp3) is 0.462. The van der Waals surface area contributed by atoms with Gasteiger partial charge in [-0.3, -0.25) is 4.79 Å². The van der Waals surface area contributed by atoms with E-state index in [9.17, 15) is 13.2 Å². The van der Waals surface area contributed by atoms with E-state index in [0.717, 1.165) is 21.3 Å². The van der Waals surface area contributed by atoms with Crippen LogP contribution in [0.3, 0.4) is 0 Å². The molecule has 4 rings (SSSR count). The Morgan fingerprint density at radius 3 is 2.44 bits per heavy atom. The van der Waals surface area contributed by atoms with Crippen LogP contribution in [0.15, 0.2) is 46.3 Å². The molecule has 8 nitrogen and oxygen atoms in total. The summed E-state index contributed by atoms with van der Waals surface area (Å²) in [6.07, 6.45) is -0.349. The molecule has 1 amide bonds. The normalized spacial score (nSPS) is 19.8. The van der Waals surface area contributed by atoms with Crippen LogP contribution in [0.4, 0.5) is 0 Å². The molecule has 194 valence electrons. The van der Waals surface area contributed by atoms with Gasteiger partial charge in [0.2, 0.25) is 10.0 Å². The molecule has 1 aliphatic rings. The number of hydrogen-bond acceptors (Lipinski definition) is 6. The molecule has 2 aromatic carbocycles. The Labute approximate surface area is 216 Å². The van der Waals surface area contributed by atoms with Crippen molar-refractivity contribution in [3.05, 3.63) is 57.9 Å². The molecule has 0 aliphatic carbocycles. The Morgan fingerprint density at radius 2 is 1.81 bits per heavy atom. The van der Waals surface area contributed by atoms with Gasteiger partial charge in [0, 0.05) is 31.8 Å². The fourth-order valence-corrected chi connectivity index (χ4v) is 7.40. The lowest BCUT2D eigenvalue weighted by molar-refractivity contribution is -0.0440. The molecule has 1 fully saturated rings. The molecule has 1 aliphatic heterocycles. The predicted molar refractivity (Wildman–Crippen MR) is 141 cm³/mol. The number of nitrogens with zero attached hydrogens (tertiary/aromatic N) is 3. The molecule has 1 saturated heterocycles. The first-order valence-corrected chi connectivity index (χ1v) is 14.4. The first-order valence-electron chi connectivity index (χ1n) is 12.1. The Hall–Kier alpha value is -2.37. The van der Waals surface area contributed by atoms with E-state index in [2.05, 4.69) is 24.0 Å². The quantitative estimate of drug-likeness (QED) is 0.432. The van der Waals surface area contributed by atoms with Crippen LogP contribution in [0.5, 0.6) is 0 Å². The molecule has 10 heteroatoms. The van der Waals surface area contributed by atoms with Crippen LogP contribution in [0.1, 0.15) is 42.3 Å². The van der Waals surface area contributed by atoms with Crippen molar-refractivity contribution in [2.75, 3.05) is 26.3 Å². The number of aryl methyl sites for hydroxylation is 2. The second-order valence-electron chi connectivity index (χ2n) is 9.18. The van der Waals surface area contributed by atoms with Crippen molar-refractivity contribution < 1.29 is 22.7 Å². The lowest BCUT2D eigenvalue weighted by atomic mass is 10.1. The summed E-state index contributed by atoms with van der Waals surface area (Å²) in [4.78, 5) is 18.3. The van der Waals surface area contributed by atoms with Gasteiger partial charge < -0.3 is 14.0 Å². The van der Waals surface area contributed by atoms with Crippen molar-refractivity contribution in [2.45, 2.75) is 58.3 Å². The Bertz CT molecular complexity index is 1410. The number of amides is 1. The number of carbonyl (C=O) groups is 1. The van der Waals surface area contributed by atoms with Gasteiger partial charge in [0.05, 0.1) is 33.9 Å². The molecule has 3 aromatic rings. The maximum Gasteiger partial charge on any atom is 0.279 e. The largest absolute Gasteiger partial charge is 0.380 e. The molecular weight excluding hydrogens is 498 g/mol. The Morgan fingerprint density at radius 1 is 1.14 bits per heavy atom. The highest BCUT2D eigenvalue weighted by molar-refractivity contribution is 7.89. The van der Waals surface area contributed by atoms with E-state index in [1.807, 2.05) is 32.3 Å². The highest BCUT2D eigenvalue weighted by Crippen LogP contribution is 2.24. The molecule has 0 saturated carbocycles. The van der Waals surface area contributed by atoms with E-state index in [1.165, 1.54) is 39.9 Å². The lowest BCUT2D eigenvalue weighted by Crippen LogP contribution is -2.48. The van der Waals surface area contributed by atoms with Crippen LogP contribution < -0.4 is 4.80 Å². The zero-order valence-electron chi connectivity index (χ0n) is 21.4. The third kappa shape index (κ3) is 5.63. The Kier molecular flexibility index (Phi) is 8.11. The van der Waals surface area contributed by atoms with Gasteiger partial charge in [-0.1, -0.05) is 17.4 Å². The van der Waals surface area contributed by atoms with Gasteiger partial charge in [-0.2, -0.15) is 9.30 Å². The highest BCUT2D eigenvalue weighted by atomic mass is 32.2. The SMILES string of the molecule is CCOCCn1c(=NC(=O)c2ccc(S(=O)(=O)N3CC(C)OC(C)C3)cc2)sc2cc(C)cc(C)c21. The molecule has 0 bridgehead atoms. The molecule has 1 aromatic heterocycles. The molecule has 2 atom stereocenters. The summed E-state index contributed by atoms with van der Waals surface area (Å²) in [7, 11) is -3.68. The molecule has 0 radical (unpaired) electrons. The standard InChI is InChI=1S/C26H33N3O5S2/c1-6-33-12-11-29-24-18(3)13-17(2)14-23(24)35-26(29)27-25(30)21-7-9-22(10-8-21)36(31,32)28-15-19(4)34-20(5)16-28/h7-10,13-14,19-20H,6,11-12,15-16H2,1-5H3. The summed E-state index contributed by atoms with van der Waals surface area (Å²) in [6, 6.07) is 10.2. The van der Waals surface area contributed by atoms with Gasteiger partial charge in [0.1, 0.15) is 0 Å². The molecule has 0 spiro atoms. The summed E-state index contributed by atoms with van der Waals surface area (Å²) in [5.74, 6) is -0.418. The Balaban J connectivity index is 1.65. The third-order valence-electron chi connectivity index (χ3n) is 6.10. The average molecular weight is 532 g/mol. The fourth-order valence-electron chi connectivity index (χ4n) is 4.58. The maximum atomic E-state index is 13.1. The van der Waals surface area contributed by atoms with Gasteiger partial charge in [-0.15, -0.1) is 0 Å². The minimum atomic E-state index is -3.68. The average Bonchev–Trinajstić information content (AvgIpc) is 3.15. The van der Waals surface area contributed by atoms with Gasteiger partial charge in [0.25, 0.3) is 5.91 Å². The zero-order chi connectivity index (χ0) is 26.0. The van der Waals surface area contributed by atoms with Crippen LogP contribution in [-0.2, 0) is 26.0 Å². The van der Waals surface area contributed by atoms with Gasteiger partial charge in [-0.25, -0.2) is 8.42 Å². The van der Waals surface area contributed by atoms with Crippen molar-refractivity contribution in [1.29, 1.82) is 0 Å². The van der Waals surface area contributed by atoms with Crippen LogP contribution in [0.25, 0.3) is 10.2 Å². The second-order valence-corrected chi connectivity index (χ2v) is 12.1. The summed E-state index contributed by atoms with van der Waals surface area (Å²) in [5, 5.41) is 0. The number of thiazole rings is 1. The minimum absolute atomic E-state index is 0.153. The number of benzene rings is 2. The van der Waals surface area contributed by atoms with Crippen molar-refractivity contribution >= 4 is 37.5 Å². The molecule has 0 N–H and O–H groups in total. The summed E-state index contributed by atoms with van der Waals surface area (Å²) in [6.45, 7) is 12.1. The number of sulfonamides is 1. The maximum absolute atomic E-state index is 13.1. The van der Waals surface area contributed by atoms with E-state index in [4.69, 9.17) is 9.47 Å². The number of aromatic nitrogens is 1. The third-order valence-corrected chi connectivity index (χ3v) is 8.97. The molecule has 2 unspecified atom stereocenters. The summed E-state index contributed by atoms with van der Waals surface area (Å²) in [5.41, 5.74) is 3.65. The summed E-state index contributed by atoms with van der Waals surface area (Å²) < 4.78 is 42.0. The number of rotatable bonds is 7. The van der Waals surface area contributed by atoms with Crippen LogP contribution in [-0.4, -0.2) is 61.7 Å². The van der Waals surface area contributed by atoms with Gasteiger partial charge in [0.15, 0.2) is 4.80 Å². The first-order chi connectivity index (χ1) is 17.1. The smallest absolute Gasteiger partial charge is 0.279 e. The van der Waals surface area contributed by atoms with Crippen molar-refractivity contribution in [1.82, 2.24) is 8.87 Å². The van der Waals surface area contributed by atoms with Crippen LogP contribution in [0, 0.1) is 13.8 Å². The lowest BCUT2D eigenvalue weighted by Gasteiger charge is -2.34. The van der Waals surface area contributed by atoms with E-state index in [0.29, 0.717) is 43.2 Å². The van der Waals surface area contributed by atoms with Crippen LogP contribution >= 0.6 is 11.3 Å². The number of fused-ring (bicyclic) bond motifs is 1. The molecular formula is C26H33N3O5S2. The molecule has 2 heterocycles. The monoisotopic (exact) mass is 531 g/mol. The van der Waals surface area contributed by atoms with Crippen LogP contribution in [0.2, 0.25) is 0 Å². The summed E-state index contributed by atoms with van der Waals surface area (Å²) >= 11 is 1.47. The number of hydrogen-bond donors (Lipinski definition) is 0. The first kappa shape index (κ1) is 26.7.